The molecule has 3 nitrogen and oxygen atoms in total. The quantitative estimate of drug-likeness (QED) is 0.667. The molecule has 2 rings (SSSR count). The van der Waals surface area contributed by atoms with Crippen LogP contribution in [0.25, 0.3) is 10.4 Å². The normalized spacial score (nSPS) is 11.7. The van der Waals surface area contributed by atoms with Gasteiger partial charge in [-0.25, -0.2) is 9.37 Å². The van der Waals surface area contributed by atoms with Crippen LogP contribution in [0.5, 0.6) is 0 Å². The van der Waals surface area contributed by atoms with Crippen molar-refractivity contribution in [2.24, 2.45) is 0 Å². The zero-order valence-corrected chi connectivity index (χ0v) is 11.8. The molecule has 0 bridgehead atoms. The van der Waals surface area contributed by atoms with E-state index in [1.165, 1.54) is 23.6 Å². The molecule has 0 aliphatic heterocycles. The molecule has 0 spiro atoms. The van der Waals surface area contributed by atoms with E-state index in [0.29, 0.717) is 23.2 Å². The highest BCUT2D eigenvalue weighted by Gasteiger charge is 2.34. The number of thiazole rings is 1. The minimum Gasteiger partial charge on any atom is -0.383 e. The van der Waals surface area contributed by atoms with E-state index in [1.54, 1.807) is 7.11 Å². The van der Waals surface area contributed by atoms with Crippen molar-refractivity contribution in [2.75, 3.05) is 25.6 Å². The molecule has 21 heavy (non-hydrogen) atoms. The molecule has 1 heterocycles. The molecule has 114 valence electrons. The third kappa shape index (κ3) is 3.92. The van der Waals surface area contributed by atoms with E-state index in [-0.39, 0.29) is 5.56 Å². The van der Waals surface area contributed by atoms with Gasteiger partial charge in [-0.15, -0.1) is 0 Å². The summed E-state index contributed by atoms with van der Waals surface area (Å²) < 4.78 is 56.1. The lowest BCUT2D eigenvalue weighted by molar-refractivity contribution is -0.139. The van der Waals surface area contributed by atoms with E-state index < -0.39 is 17.6 Å². The highest BCUT2D eigenvalue weighted by molar-refractivity contribution is 7.18. The van der Waals surface area contributed by atoms with E-state index in [0.717, 1.165) is 12.1 Å². The number of methoxy groups -OCH3 is 1. The standard InChI is InChI=1S/C13H12F4N2OS/c1-20-5-4-18-12-19-7-11(21-12)8-2-3-10(14)9(6-8)13(15,16)17/h2-3,6-7H,4-5H2,1H3,(H,18,19). The third-order valence-corrected chi connectivity index (χ3v) is 3.65. The van der Waals surface area contributed by atoms with Gasteiger partial charge in [-0.2, -0.15) is 13.2 Å². The first-order valence-corrected chi connectivity index (χ1v) is 6.79. The van der Waals surface area contributed by atoms with Gasteiger partial charge in [-0.1, -0.05) is 17.4 Å². The predicted octanol–water partition coefficient (Wildman–Crippen LogP) is 4.03. The Balaban J connectivity index is 2.22. The Morgan fingerprint density at radius 2 is 2.10 bits per heavy atom. The minimum atomic E-state index is -4.72. The molecular weight excluding hydrogens is 308 g/mol. The first-order valence-electron chi connectivity index (χ1n) is 5.97. The van der Waals surface area contributed by atoms with Gasteiger partial charge in [0.15, 0.2) is 5.13 Å². The van der Waals surface area contributed by atoms with Gasteiger partial charge in [-0.3, -0.25) is 0 Å². The fourth-order valence-corrected chi connectivity index (χ4v) is 2.48. The lowest BCUT2D eigenvalue weighted by Gasteiger charge is -2.09. The number of hydrogen-bond acceptors (Lipinski definition) is 4. The second kappa shape index (κ2) is 6.40. The van der Waals surface area contributed by atoms with Crippen molar-refractivity contribution >= 4 is 16.5 Å². The molecule has 1 aromatic heterocycles. The molecule has 0 aliphatic rings. The number of anilines is 1. The minimum absolute atomic E-state index is 0.279. The van der Waals surface area contributed by atoms with Gasteiger partial charge in [0.2, 0.25) is 0 Å². The van der Waals surface area contributed by atoms with E-state index in [2.05, 4.69) is 10.3 Å². The molecule has 0 atom stereocenters. The Kier molecular flexibility index (Phi) is 4.79. The van der Waals surface area contributed by atoms with Gasteiger partial charge in [0.25, 0.3) is 0 Å². The maximum absolute atomic E-state index is 13.2. The van der Waals surface area contributed by atoms with Gasteiger partial charge in [0, 0.05) is 19.9 Å². The Morgan fingerprint density at radius 3 is 2.76 bits per heavy atom. The summed E-state index contributed by atoms with van der Waals surface area (Å²) in [7, 11) is 1.56. The van der Waals surface area contributed by atoms with Crippen molar-refractivity contribution in [3.05, 3.63) is 35.8 Å². The topological polar surface area (TPSA) is 34.1 Å². The molecular formula is C13H12F4N2OS. The van der Waals surface area contributed by atoms with Gasteiger partial charge in [-0.05, 0) is 17.7 Å². The lowest BCUT2D eigenvalue weighted by atomic mass is 10.1. The fraction of sp³-hybridized carbons (Fsp3) is 0.308. The number of alkyl halides is 3. The van der Waals surface area contributed by atoms with Crippen molar-refractivity contribution in [1.82, 2.24) is 4.98 Å². The highest BCUT2D eigenvalue weighted by atomic mass is 32.1. The molecule has 0 saturated carbocycles. The van der Waals surface area contributed by atoms with Crippen LogP contribution in [0.3, 0.4) is 0 Å². The van der Waals surface area contributed by atoms with Crippen LogP contribution < -0.4 is 5.32 Å². The molecule has 8 heteroatoms. The van der Waals surface area contributed by atoms with Crippen LogP contribution in [0.1, 0.15) is 5.56 Å². The van der Waals surface area contributed by atoms with Crippen molar-refractivity contribution in [1.29, 1.82) is 0 Å². The van der Waals surface area contributed by atoms with Crippen LogP contribution in [0.4, 0.5) is 22.7 Å². The van der Waals surface area contributed by atoms with Crippen LogP contribution in [0.15, 0.2) is 24.4 Å². The second-order valence-electron chi connectivity index (χ2n) is 4.14. The summed E-state index contributed by atoms with van der Waals surface area (Å²) in [6, 6.07) is 2.91. The molecule has 0 radical (unpaired) electrons. The number of nitrogens with zero attached hydrogens (tertiary/aromatic N) is 1. The summed E-state index contributed by atoms with van der Waals surface area (Å²) in [5, 5.41) is 3.55. The van der Waals surface area contributed by atoms with Crippen LogP contribution in [-0.2, 0) is 10.9 Å². The summed E-state index contributed by atoms with van der Waals surface area (Å²) in [4.78, 5) is 4.58. The molecule has 1 N–H and O–H groups in total. The number of halogens is 4. The fourth-order valence-electron chi connectivity index (χ4n) is 1.65. The third-order valence-electron chi connectivity index (χ3n) is 2.64. The summed E-state index contributed by atoms with van der Waals surface area (Å²) in [5.74, 6) is -1.28. The second-order valence-corrected chi connectivity index (χ2v) is 5.17. The van der Waals surface area contributed by atoms with Gasteiger partial charge in [0.05, 0.1) is 17.0 Å². The first-order chi connectivity index (χ1) is 9.91. The molecule has 0 fully saturated rings. The van der Waals surface area contributed by atoms with E-state index in [9.17, 15) is 17.6 Å². The number of hydrogen-bond donors (Lipinski definition) is 1. The number of aromatic nitrogens is 1. The van der Waals surface area contributed by atoms with Crippen molar-refractivity contribution in [3.63, 3.8) is 0 Å². The zero-order chi connectivity index (χ0) is 15.5. The molecule has 1 aromatic carbocycles. The Morgan fingerprint density at radius 1 is 1.33 bits per heavy atom. The summed E-state index contributed by atoms with van der Waals surface area (Å²) in [6.45, 7) is 1.03. The SMILES string of the molecule is COCCNc1ncc(-c2ccc(F)c(C(F)(F)F)c2)s1. The van der Waals surface area contributed by atoms with Crippen LogP contribution in [-0.4, -0.2) is 25.2 Å². The Hall–Kier alpha value is -1.67. The molecule has 0 saturated heterocycles. The molecule has 0 unspecified atom stereocenters. The van der Waals surface area contributed by atoms with E-state index >= 15 is 0 Å². The largest absolute Gasteiger partial charge is 0.419 e. The van der Waals surface area contributed by atoms with Crippen LogP contribution >= 0.6 is 11.3 Å². The summed E-state index contributed by atoms with van der Waals surface area (Å²) >= 11 is 1.19. The van der Waals surface area contributed by atoms with Crippen molar-refractivity contribution < 1.29 is 22.3 Å². The Labute approximate surface area is 122 Å². The van der Waals surface area contributed by atoms with Crippen molar-refractivity contribution in [3.8, 4) is 10.4 Å². The number of nitrogens with one attached hydrogen (secondary N) is 1. The van der Waals surface area contributed by atoms with Gasteiger partial charge >= 0.3 is 6.18 Å². The number of benzene rings is 1. The van der Waals surface area contributed by atoms with Gasteiger partial charge in [0.1, 0.15) is 5.82 Å². The maximum atomic E-state index is 13.2. The highest BCUT2D eigenvalue weighted by Crippen LogP contribution is 2.36. The summed E-state index contributed by atoms with van der Waals surface area (Å²) in [5.41, 5.74) is -0.997. The van der Waals surface area contributed by atoms with Crippen molar-refractivity contribution in [2.45, 2.75) is 6.18 Å². The Bertz CT molecular complexity index is 612. The van der Waals surface area contributed by atoms with Crippen LogP contribution in [0, 0.1) is 5.82 Å². The van der Waals surface area contributed by atoms with E-state index in [1.807, 2.05) is 0 Å². The monoisotopic (exact) mass is 320 g/mol. The number of rotatable bonds is 5. The molecule has 2 aromatic rings. The summed E-state index contributed by atoms with van der Waals surface area (Å²) in [6.07, 6.45) is -3.27. The van der Waals surface area contributed by atoms with Crippen LogP contribution in [0.2, 0.25) is 0 Å². The maximum Gasteiger partial charge on any atom is 0.419 e. The van der Waals surface area contributed by atoms with E-state index in [4.69, 9.17) is 4.74 Å². The number of ether oxygens (including phenoxy) is 1. The molecule has 0 amide bonds. The average Bonchev–Trinajstić information content (AvgIpc) is 2.87. The smallest absolute Gasteiger partial charge is 0.383 e. The zero-order valence-electron chi connectivity index (χ0n) is 11.0. The average molecular weight is 320 g/mol. The first kappa shape index (κ1) is 15.7. The molecule has 0 aliphatic carbocycles. The van der Waals surface area contributed by atoms with Gasteiger partial charge < -0.3 is 10.1 Å². The lowest BCUT2D eigenvalue weighted by Crippen LogP contribution is -2.07. The predicted molar refractivity (Wildman–Crippen MR) is 72.9 cm³/mol.